The first kappa shape index (κ1) is 8.54. The van der Waals surface area contributed by atoms with Gasteiger partial charge in [0.05, 0.1) is 0 Å². The maximum Gasteiger partial charge on any atom is 0.0487 e. The molecule has 3 heteroatoms. The SMILES string of the molecule is Cl.N[C@@H]1CCC[C@@H]1Cl. The van der Waals surface area contributed by atoms with Gasteiger partial charge in [-0.2, -0.15) is 0 Å². The number of halogens is 2. The number of hydrogen-bond donors (Lipinski definition) is 1. The fraction of sp³-hybridized carbons (Fsp3) is 1.00. The number of hydrogen-bond acceptors (Lipinski definition) is 1. The molecule has 0 aromatic heterocycles. The molecule has 0 amide bonds. The molecule has 1 saturated carbocycles. The Morgan fingerprint density at radius 2 is 2.00 bits per heavy atom. The van der Waals surface area contributed by atoms with E-state index in [4.69, 9.17) is 17.3 Å². The average molecular weight is 156 g/mol. The molecule has 0 aliphatic heterocycles. The average Bonchev–Trinajstić information content (AvgIpc) is 1.91. The van der Waals surface area contributed by atoms with E-state index in [-0.39, 0.29) is 23.8 Å². The van der Waals surface area contributed by atoms with E-state index in [1.54, 1.807) is 0 Å². The number of alkyl halides is 1. The molecule has 0 saturated heterocycles. The summed E-state index contributed by atoms with van der Waals surface area (Å²) in [5.74, 6) is 0. The van der Waals surface area contributed by atoms with Crippen molar-refractivity contribution in [3.8, 4) is 0 Å². The number of nitrogens with two attached hydrogens (primary N) is 1. The van der Waals surface area contributed by atoms with Crippen molar-refractivity contribution in [2.45, 2.75) is 30.7 Å². The summed E-state index contributed by atoms with van der Waals surface area (Å²) in [6.07, 6.45) is 3.45. The molecule has 0 aromatic rings. The Labute approximate surface area is 61.0 Å². The van der Waals surface area contributed by atoms with Gasteiger partial charge in [-0.05, 0) is 12.8 Å². The zero-order valence-corrected chi connectivity index (χ0v) is 6.21. The van der Waals surface area contributed by atoms with Gasteiger partial charge in [0.25, 0.3) is 0 Å². The summed E-state index contributed by atoms with van der Waals surface area (Å²) in [6.45, 7) is 0. The second kappa shape index (κ2) is 3.54. The molecule has 50 valence electrons. The molecule has 0 unspecified atom stereocenters. The van der Waals surface area contributed by atoms with Crippen LogP contribution in [0, 0.1) is 0 Å². The van der Waals surface area contributed by atoms with Crippen molar-refractivity contribution < 1.29 is 0 Å². The topological polar surface area (TPSA) is 26.0 Å². The van der Waals surface area contributed by atoms with Crippen LogP contribution in [-0.4, -0.2) is 11.4 Å². The highest BCUT2D eigenvalue weighted by Gasteiger charge is 2.20. The van der Waals surface area contributed by atoms with Crippen LogP contribution in [0.1, 0.15) is 19.3 Å². The minimum absolute atomic E-state index is 0. The summed E-state index contributed by atoms with van der Waals surface area (Å²) in [5, 5.41) is 0.264. The monoisotopic (exact) mass is 155 g/mol. The van der Waals surface area contributed by atoms with Crippen molar-refractivity contribution in [2.24, 2.45) is 5.73 Å². The molecular formula is C5H11Cl2N. The largest absolute Gasteiger partial charge is 0.326 e. The van der Waals surface area contributed by atoms with E-state index < -0.39 is 0 Å². The summed E-state index contributed by atoms with van der Waals surface area (Å²) >= 11 is 5.74. The Morgan fingerprint density at radius 3 is 2.12 bits per heavy atom. The lowest BCUT2D eigenvalue weighted by Gasteiger charge is -2.03. The smallest absolute Gasteiger partial charge is 0.0487 e. The quantitative estimate of drug-likeness (QED) is 0.528. The van der Waals surface area contributed by atoms with Gasteiger partial charge in [0.15, 0.2) is 0 Å². The molecule has 0 bridgehead atoms. The summed E-state index contributed by atoms with van der Waals surface area (Å²) in [6, 6.07) is 0.279. The molecule has 0 heterocycles. The second-order valence-corrected chi connectivity index (χ2v) is 2.67. The molecule has 8 heavy (non-hydrogen) atoms. The van der Waals surface area contributed by atoms with Crippen LogP contribution in [0.4, 0.5) is 0 Å². The number of rotatable bonds is 0. The summed E-state index contributed by atoms with van der Waals surface area (Å²) in [5.41, 5.74) is 5.55. The zero-order chi connectivity index (χ0) is 5.28. The normalized spacial score (nSPS) is 36.8. The van der Waals surface area contributed by atoms with Crippen LogP contribution in [0.25, 0.3) is 0 Å². The molecule has 2 atom stereocenters. The van der Waals surface area contributed by atoms with E-state index in [1.165, 1.54) is 6.42 Å². The highest BCUT2D eigenvalue weighted by atomic mass is 35.5. The molecule has 1 fully saturated rings. The van der Waals surface area contributed by atoms with Crippen LogP contribution < -0.4 is 5.73 Å². The second-order valence-electron chi connectivity index (χ2n) is 2.11. The maximum absolute atomic E-state index is 5.74. The Balaban J connectivity index is 0.000000490. The van der Waals surface area contributed by atoms with E-state index >= 15 is 0 Å². The van der Waals surface area contributed by atoms with E-state index in [0.717, 1.165) is 12.8 Å². The lowest BCUT2D eigenvalue weighted by atomic mass is 10.3. The van der Waals surface area contributed by atoms with Gasteiger partial charge in [0, 0.05) is 11.4 Å². The third kappa shape index (κ3) is 1.81. The molecule has 1 aliphatic rings. The van der Waals surface area contributed by atoms with Crippen LogP contribution in [0.15, 0.2) is 0 Å². The molecule has 1 nitrogen and oxygen atoms in total. The minimum atomic E-state index is 0. The first-order chi connectivity index (χ1) is 3.30. The fourth-order valence-corrected chi connectivity index (χ4v) is 1.22. The van der Waals surface area contributed by atoms with Crippen LogP contribution in [0.3, 0.4) is 0 Å². The highest BCUT2D eigenvalue weighted by Crippen LogP contribution is 2.21. The van der Waals surface area contributed by atoms with Crippen molar-refractivity contribution >= 4 is 24.0 Å². The third-order valence-corrected chi connectivity index (χ3v) is 2.02. The Kier molecular flexibility index (Phi) is 3.78. The van der Waals surface area contributed by atoms with Crippen molar-refractivity contribution in [2.75, 3.05) is 0 Å². The summed E-state index contributed by atoms with van der Waals surface area (Å²) in [4.78, 5) is 0. The Bertz CT molecular complexity index is 59.4. The zero-order valence-electron chi connectivity index (χ0n) is 4.64. The fourth-order valence-electron chi connectivity index (χ4n) is 0.943. The summed E-state index contributed by atoms with van der Waals surface area (Å²) < 4.78 is 0. The molecule has 0 aromatic carbocycles. The van der Waals surface area contributed by atoms with Gasteiger partial charge in [-0.1, -0.05) is 6.42 Å². The first-order valence-electron chi connectivity index (χ1n) is 2.70. The van der Waals surface area contributed by atoms with E-state index in [1.807, 2.05) is 0 Å². The Hall–Kier alpha value is 0.540. The molecule has 0 spiro atoms. The highest BCUT2D eigenvalue weighted by molar-refractivity contribution is 6.21. The molecule has 0 radical (unpaired) electrons. The molecular weight excluding hydrogens is 145 g/mol. The minimum Gasteiger partial charge on any atom is -0.326 e. The Morgan fingerprint density at radius 1 is 1.38 bits per heavy atom. The first-order valence-corrected chi connectivity index (χ1v) is 3.14. The maximum atomic E-state index is 5.74. The molecule has 1 aliphatic carbocycles. The third-order valence-electron chi connectivity index (χ3n) is 1.48. The van der Waals surface area contributed by atoms with Crippen molar-refractivity contribution in [3.63, 3.8) is 0 Å². The predicted octanol–water partition coefficient (Wildman–Crippen LogP) is 1.53. The van der Waals surface area contributed by atoms with E-state index in [0.29, 0.717) is 0 Å². The van der Waals surface area contributed by atoms with E-state index in [2.05, 4.69) is 0 Å². The molecule has 1 rings (SSSR count). The van der Waals surface area contributed by atoms with Gasteiger partial charge < -0.3 is 5.73 Å². The van der Waals surface area contributed by atoms with Crippen molar-refractivity contribution in [3.05, 3.63) is 0 Å². The van der Waals surface area contributed by atoms with Crippen LogP contribution >= 0.6 is 24.0 Å². The van der Waals surface area contributed by atoms with Gasteiger partial charge in [0.1, 0.15) is 0 Å². The van der Waals surface area contributed by atoms with Gasteiger partial charge in [0.2, 0.25) is 0 Å². The van der Waals surface area contributed by atoms with Crippen LogP contribution in [0.2, 0.25) is 0 Å². The lowest BCUT2D eigenvalue weighted by Crippen LogP contribution is -2.24. The van der Waals surface area contributed by atoms with Gasteiger partial charge in [-0.25, -0.2) is 0 Å². The lowest BCUT2D eigenvalue weighted by molar-refractivity contribution is 0.710. The van der Waals surface area contributed by atoms with Crippen molar-refractivity contribution in [1.29, 1.82) is 0 Å². The van der Waals surface area contributed by atoms with Crippen molar-refractivity contribution in [1.82, 2.24) is 0 Å². The van der Waals surface area contributed by atoms with E-state index in [9.17, 15) is 0 Å². The summed E-state index contributed by atoms with van der Waals surface area (Å²) in [7, 11) is 0. The van der Waals surface area contributed by atoms with Gasteiger partial charge in [-0.3, -0.25) is 0 Å². The van der Waals surface area contributed by atoms with Gasteiger partial charge in [-0.15, -0.1) is 24.0 Å². The van der Waals surface area contributed by atoms with Crippen LogP contribution in [-0.2, 0) is 0 Å². The van der Waals surface area contributed by atoms with Gasteiger partial charge >= 0.3 is 0 Å². The standard InChI is InChI=1S/C5H10ClN.ClH/c6-4-2-1-3-5(4)7;/h4-5H,1-3,7H2;1H/t4-,5+;/m0./s1. The molecule has 2 N–H and O–H groups in total. The van der Waals surface area contributed by atoms with Crippen LogP contribution in [0.5, 0.6) is 0 Å². The predicted molar refractivity (Wildman–Crippen MR) is 38.7 cm³/mol.